The third kappa shape index (κ3) is 4.11. The molecule has 6 nitrogen and oxygen atoms in total. The van der Waals surface area contributed by atoms with Crippen LogP contribution in [0.25, 0.3) is 0 Å². The lowest BCUT2D eigenvalue weighted by atomic mass is 10.1. The topological polar surface area (TPSA) is 60.6 Å². The highest BCUT2D eigenvalue weighted by Crippen LogP contribution is 2.18. The van der Waals surface area contributed by atoms with E-state index < -0.39 is 0 Å². The van der Waals surface area contributed by atoms with Crippen LogP contribution in [0, 0.1) is 0 Å². The first-order valence-electron chi connectivity index (χ1n) is 9.71. The molecular weight excluding hydrogens is 336 g/mol. The van der Waals surface area contributed by atoms with Crippen LogP contribution in [0.3, 0.4) is 0 Å². The predicted molar refractivity (Wildman–Crippen MR) is 105 cm³/mol. The van der Waals surface area contributed by atoms with Gasteiger partial charge < -0.3 is 9.88 Å². The predicted octanol–water partition coefficient (Wildman–Crippen LogP) is 2.93. The fraction of sp³-hybridized carbons (Fsp3) is 0.476. The SMILES string of the molecule is CC(C)(C)n1cc(CNC2CCc3nnc(Cc4ccccc4)n3C2)cn1. The molecule has 0 saturated heterocycles. The monoisotopic (exact) mass is 364 g/mol. The molecule has 27 heavy (non-hydrogen) atoms. The first-order valence-corrected chi connectivity index (χ1v) is 9.71. The minimum absolute atomic E-state index is 0.0206. The number of aromatic nitrogens is 5. The van der Waals surface area contributed by atoms with E-state index in [9.17, 15) is 0 Å². The molecule has 3 aromatic rings. The van der Waals surface area contributed by atoms with E-state index in [0.29, 0.717) is 6.04 Å². The van der Waals surface area contributed by atoms with Crippen molar-refractivity contribution in [2.45, 2.75) is 64.7 Å². The molecule has 0 radical (unpaired) electrons. The highest BCUT2D eigenvalue weighted by molar-refractivity contribution is 5.19. The molecular formula is C21H28N6. The fourth-order valence-electron chi connectivity index (χ4n) is 3.54. The van der Waals surface area contributed by atoms with Crippen molar-refractivity contribution in [3.63, 3.8) is 0 Å². The summed E-state index contributed by atoms with van der Waals surface area (Å²) in [6, 6.07) is 10.9. The molecule has 1 aromatic carbocycles. The van der Waals surface area contributed by atoms with Crippen molar-refractivity contribution in [1.29, 1.82) is 0 Å². The van der Waals surface area contributed by atoms with Crippen molar-refractivity contribution in [1.82, 2.24) is 29.9 Å². The Hall–Kier alpha value is -2.47. The van der Waals surface area contributed by atoms with E-state index in [-0.39, 0.29) is 5.54 Å². The van der Waals surface area contributed by atoms with Gasteiger partial charge in [0.05, 0.1) is 11.7 Å². The molecule has 0 fully saturated rings. The fourth-order valence-corrected chi connectivity index (χ4v) is 3.54. The van der Waals surface area contributed by atoms with Gasteiger partial charge in [-0.2, -0.15) is 5.10 Å². The molecule has 142 valence electrons. The lowest BCUT2D eigenvalue weighted by Crippen LogP contribution is -2.37. The van der Waals surface area contributed by atoms with E-state index in [0.717, 1.165) is 44.0 Å². The summed E-state index contributed by atoms with van der Waals surface area (Å²) in [6.07, 6.45) is 7.00. The van der Waals surface area contributed by atoms with E-state index in [1.807, 2.05) is 16.9 Å². The normalized spacial score (nSPS) is 17.1. The summed E-state index contributed by atoms with van der Waals surface area (Å²) >= 11 is 0. The number of fused-ring (bicyclic) bond motifs is 1. The zero-order valence-electron chi connectivity index (χ0n) is 16.4. The van der Waals surface area contributed by atoms with Gasteiger partial charge >= 0.3 is 0 Å². The summed E-state index contributed by atoms with van der Waals surface area (Å²) < 4.78 is 4.33. The molecule has 0 aliphatic carbocycles. The van der Waals surface area contributed by atoms with Crippen molar-refractivity contribution >= 4 is 0 Å². The summed E-state index contributed by atoms with van der Waals surface area (Å²) in [7, 11) is 0. The average Bonchev–Trinajstić information content (AvgIpc) is 3.28. The summed E-state index contributed by atoms with van der Waals surface area (Å²) in [6.45, 7) is 8.27. The number of hydrogen-bond acceptors (Lipinski definition) is 4. The molecule has 0 bridgehead atoms. The van der Waals surface area contributed by atoms with Crippen LogP contribution in [0.5, 0.6) is 0 Å². The van der Waals surface area contributed by atoms with Crippen LogP contribution in [0.2, 0.25) is 0 Å². The molecule has 3 heterocycles. The van der Waals surface area contributed by atoms with Crippen LogP contribution < -0.4 is 5.32 Å². The number of aryl methyl sites for hydroxylation is 1. The summed E-state index contributed by atoms with van der Waals surface area (Å²) in [5.74, 6) is 2.17. The maximum Gasteiger partial charge on any atom is 0.137 e. The Morgan fingerprint density at radius 2 is 1.93 bits per heavy atom. The van der Waals surface area contributed by atoms with Gasteiger partial charge in [-0.15, -0.1) is 10.2 Å². The zero-order chi connectivity index (χ0) is 18.9. The Labute approximate surface area is 160 Å². The van der Waals surface area contributed by atoms with E-state index in [1.54, 1.807) is 0 Å². The third-order valence-corrected chi connectivity index (χ3v) is 5.15. The molecule has 1 unspecified atom stereocenters. The maximum absolute atomic E-state index is 4.49. The lowest BCUT2D eigenvalue weighted by molar-refractivity contribution is 0.354. The smallest absolute Gasteiger partial charge is 0.137 e. The van der Waals surface area contributed by atoms with E-state index in [4.69, 9.17) is 0 Å². The van der Waals surface area contributed by atoms with Crippen LogP contribution >= 0.6 is 0 Å². The van der Waals surface area contributed by atoms with Gasteiger partial charge in [0.15, 0.2) is 0 Å². The van der Waals surface area contributed by atoms with Gasteiger partial charge in [0.25, 0.3) is 0 Å². The van der Waals surface area contributed by atoms with Gasteiger partial charge in [0, 0.05) is 43.7 Å². The molecule has 0 saturated carbocycles. The molecule has 4 rings (SSSR count). The number of nitrogens with one attached hydrogen (secondary N) is 1. The van der Waals surface area contributed by atoms with Crippen molar-refractivity contribution < 1.29 is 0 Å². The second-order valence-electron chi connectivity index (χ2n) is 8.39. The third-order valence-electron chi connectivity index (χ3n) is 5.15. The highest BCUT2D eigenvalue weighted by atomic mass is 15.3. The largest absolute Gasteiger partial charge is 0.313 e. The molecule has 1 N–H and O–H groups in total. The molecule has 1 atom stereocenters. The number of rotatable bonds is 5. The molecule has 2 aromatic heterocycles. The number of nitrogens with zero attached hydrogens (tertiary/aromatic N) is 5. The average molecular weight is 364 g/mol. The van der Waals surface area contributed by atoms with Gasteiger partial charge in [-0.3, -0.25) is 4.68 Å². The summed E-state index contributed by atoms with van der Waals surface area (Å²) in [4.78, 5) is 0. The first kappa shape index (κ1) is 17.9. The maximum atomic E-state index is 4.49. The Kier molecular flexibility index (Phi) is 4.83. The molecule has 1 aliphatic rings. The molecule has 0 spiro atoms. The zero-order valence-corrected chi connectivity index (χ0v) is 16.4. The van der Waals surface area contributed by atoms with Crippen molar-refractivity contribution in [3.05, 3.63) is 65.5 Å². The molecule has 0 amide bonds. The Morgan fingerprint density at radius 1 is 1.11 bits per heavy atom. The van der Waals surface area contributed by atoms with Gasteiger partial charge in [0.2, 0.25) is 0 Å². The van der Waals surface area contributed by atoms with Gasteiger partial charge in [-0.25, -0.2) is 0 Å². The minimum Gasteiger partial charge on any atom is -0.313 e. The Balaban J connectivity index is 1.39. The van der Waals surface area contributed by atoms with E-state index in [1.165, 1.54) is 11.1 Å². The van der Waals surface area contributed by atoms with E-state index >= 15 is 0 Å². The van der Waals surface area contributed by atoms with Crippen molar-refractivity contribution in [3.8, 4) is 0 Å². The van der Waals surface area contributed by atoms with Crippen LogP contribution in [-0.4, -0.2) is 30.6 Å². The van der Waals surface area contributed by atoms with Crippen LogP contribution in [0.4, 0.5) is 0 Å². The lowest BCUT2D eigenvalue weighted by Gasteiger charge is -2.25. The Morgan fingerprint density at radius 3 is 2.67 bits per heavy atom. The highest BCUT2D eigenvalue weighted by Gasteiger charge is 2.23. The second-order valence-corrected chi connectivity index (χ2v) is 8.39. The van der Waals surface area contributed by atoms with Crippen LogP contribution in [0.1, 0.15) is 50.0 Å². The number of benzene rings is 1. The Bertz CT molecular complexity index is 887. The quantitative estimate of drug-likeness (QED) is 0.756. The molecule has 6 heteroatoms. The first-order chi connectivity index (χ1) is 13.0. The van der Waals surface area contributed by atoms with Gasteiger partial charge in [0.1, 0.15) is 11.6 Å². The summed E-state index contributed by atoms with van der Waals surface area (Å²) in [5, 5.41) is 17.0. The van der Waals surface area contributed by atoms with Crippen LogP contribution in [0.15, 0.2) is 42.7 Å². The molecule has 1 aliphatic heterocycles. The summed E-state index contributed by atoms with van der Waals surface area (Å²) in [5.41, 5.74) is 2.52. The number of hydrogen-bond donors (Lipinski definition) is 1. The van der Waals surface area contributed by atoms with Gasteiger partial charge in [-0.05, 0) is 32.8 Å². The van der Waals surface area contributed by atoms with Crippen molar-refractivity contribution in [2.75, 3.05) is 0 Å². The van der Waals surface area contributed by atoms with E-state index in [2.05, 4.69) is 76.4 Å². The van der Waals surface area contributed by atoms with Crippen molar-refractivity contribution in [2.24, 2.45) is 0 Å². The van der Waals surface area contributed by atoms with Gasteiger partial charge in [-0.1, -0.05) is 30.3 Å². The van der Waals surface area contributed by atoms with Crippen LogP contribution in [-0.2, 0) is 31.5 Å². The second kappa shape index (κ2) is 7.27. The minimum atomic E-state index is 0.0206. The standard InChI is InChI=1S/C21H28N6/c1-21(2,3)27-14-17(13-23-27)12-22-18-9-10-19-24-25-20(26(19)15-18)11-16-7-5-4-6-8-16/h4-8,13-14,18,22H,9-12,15H2,1-3H3.